The van der Waals surface area contributed by atoms with E-state index in [9.17, 15) is 4.79 Å². The maximum Gasteiger partial charge on any atom is 0.233 e. The summed E-state index contributed by atoms with van der Waals surface area (Å²) in [5.41, 5.74) is 0.956. The van der Waals surface area contributed by atoms with Crippen LogP contribution in [0.3, 0.4) is 0 Å². The molecular weight excluding hydrogens is 344 g/mol. The number of aromatic nitrogens is 3. The number of hydrogen-bond acceptors (Lipinski definition) is 4. The molecule has 1 saturated heterocycles. The Morgan fingerprint density at radius 1 is 1.29 bits per heavy atom. The topological polar surface area (TPSA) is 51.0 Å². The first-order valence-corrected chi connectivity index (χ1v) is 9.50. The molecule has 1 aromatic carbocycles. The van der Waals surface area contributed by atoms with E-state index >= 15 is 0 Å². The van der Waals surface area contributed by atoms with Crippen LogP contribution in [0.25, 0.3) is 11.4 Å². The second-order valence-electron chi connectivity index (χ2n) is 6.09. The molecule has 3 rings (SSSR count). The van der Waals surface area contributed by atoms with Gasteiger partial charge in [0.05, 0.1) is 5.75 Å². The molecule has 1 atom stereocenters. The minimum absolute atomic E-state index is 0.184. The van der Waals surface area contributed by atoms with E-state index < -0.39 is 0 Å². The Bertz CT molecular complexity index is 716. The van der Waals surface area contributed by atoms with Crippen molar-refractivity contribution in [1.82, 2.24) is 19.7 Å². The zero-order valence-electron chi connectivity index (χ0n) is 13.9. The molecule has 0 radical (unpaired) electrons. The lowest BCUT2D eigenvalue weighted by molar-refractivity contribution is -0.131. The smallest absolute Gasteiger partial charge is 0.233 e. The van der Waals surface area contributed by atoms with Crippen LogP contribution in [-0.4, -0.2) is 43.9 Å². The molecule has 0 saturated carbocycles. The molecule has 1 aliphatic heterocycles. The highest BCUT2D eigenvalue weighted by molar-refractivity contribution is 7.99. The minimum Gasteiger partial charge on any atom is -0.339 e. The van der Waals surface area contributed by atoms with Crippen LogP contribution in [0.5, 0.6) is 0 Å². The molecule has 1 aromatic heterocycles. The van der Waals surface area contributed by atoms with Gasteiger partial charge >= 0.3 is 0 Å². The molecule has 0 bridgehead atoms. The van der Waals surface area contributed by atoms with E-state index in [0.717, 1.165) is 35.9 Å². The minimum atomic E-state index is 0.184. The van der Waals surface area contributed by atoms with E-state index in [2.05, 4.69) is 17.1 Å². The summed E-state index contributed by atoms with van der Waals surface area (Å²) >= 11 is 7.37. The maximum absolute atomic E-state index is 12.4. The lowest BCUT2D eigenvalue weighted by atomic mass is 10.0. The van der Waals surface area contributed by atoms with Crippen LogP contribution in [0.4, 0.5) is 0 Å². The fraction of sp³-hybridized carbons (Fsp3) is 0.471. The first kappa shape index (κ1) is 17.3. The summed E-state index contributed by atoms with van der Waals surface area (Å²) in [4.78, 5) is 14.4. The van der Waals surface area contributed by atoms with Gasteiger partial charge in [-0.15, -0.1) is 10.2 Å². The molecule has 1 aliphatic rings. The van der Waals surface area contributed by atoms with Crippen molar-refractivity contribution in [1.29, 1.82) is 0 Å². The van der Waals surface area contributed by atoms with E-state index in [1.807, 2.05) is 40.8 Å². The van der Waals surface area contributed by atoms with Gasteiger partial charge in [0.1, 0.15) is 0 Å². The van der Waals surface area contributed by atoms with Crippen LogP contribution in [0, 0.1) is 0 Å². The van der Waals surface area contributed by atoms with Crippen LogP contribution < -0.4 is 0 Å². The van der Waals surface area contributed by atoms with Gasteiger partial charge < -0.3 is 9.47 Å². The normalized spacial score (nSPS) is 18.0. The van der Waals surface area contributed by atoms with Gasteiger partial charge in [-0.3, -0.25) is 4.79 Å². The Hall–Kier alpha value is -1.53. The third kappa shape index (κ3) is 3.75. The van der Waals surface area contributed by atoms with Crippen molar-refractivity contribution in [2.45, 2.75) is 37.4 Å². The second-order valence-corrected chi connectivity index (χ2v) is 7.47. The molecule has 0 aliphatic carbocycles. The molecule has 128 valence electrons. The molecule has 7 heteroatoms. The highest BCUT2D eigenvalue weighted by Gasteiger charge is 2.23. The Morgan fingerprint density at radius 2 is 2.04 bits per heavy atom. The number of thioether (sulfide) groups is 1. The second kappa shape index (κ2) is 7.57. The van der Waals surface area contributed by atoms with Gasteiger partial charge in [-0.05, 0) is 50.5 Å². The highest BCUT2D eigenvalue weighted by atomic mass is 35.5. The lowest BCUT2D eigenvalue weighted by Crippen LogP contribution is -2.42. The number of carbonyl (C=O) groups excluding carboxylic acids is 1. The van der Waals surface area contributed by atoms with Crippen molar-refractivity contribution >= 4 is 29.3 Å². The zero-order valence-corrected chi connectivity index (χ0v) is 15.5. The summed E-state index contributed by atoms with van der Waals surface area (Å²) in [6.45, 7) is 3.00. The van der Waals surface area contributed by atoms with Gasteiger partial charge in [0.25, 0.3) is 0 Å². The third-order valence-corrected chi connectivity index (χ3v) is 5.64. The molecule has 0 unspecified atom stereocenters. The number of benzene rings is 1. The molecule has 0 N–H and O–H groups in total. The number of piperidine rings is 1. The summed E-state index contributed by atoms with van der Waals surface area (Å²) < 4.78 is 1.92. The average molecular weight is 365 g/mol. The van der Waals surface area contributed by atoms with E-state index in [0.29, 0.717) is 16.8 Å². The number of rotatable bonds is 4. The number of carbonyl (C=O) groups is 1. The summed E-state index contributed by atoms with van der Waals surface area (Å²) in [6, 6.07) is 7.85. The fourth-order valence-corrected chi connectivity index (χ4v) is 3.89. The number of halogens is 1. The summed E-state index contributed by atoms with van der Waals surface area (Å²) in [5, 5.41) is 9.91. The monoisotopic (exact) mass is 364 g/mol. The molecular formula is C17H21ClN4OS. The third-order valence-electron chi connectivity index (χ3n) is 4.39. The molecule has 24 heavy (non-hydrogen) atoms. The van der Waals surface area contributed by atoms with Gasteiger partial charge in [0, 0.05) is 30.2 Å². The zero-order chi connectivity index (χ0) is 17.1. The quantitative estimate of drug-likeness (QED) is 0.777. The number of amides is 1. The summed E-state index contributed by atoms with van der Waals surface area (Å²) in [5.74, 6) is 1.35. The predicted molar refractivity (Wildman–Crippen MR) is 97.2 cm³/mol. The number of nitrogens with zero attached hydrogens (tertiary/aromatic N) is 4. The van der Waals surface area contributed by atoms with Crippen molar-refractivity contribution in [3.8, 4) is 11.4 Å². The van der Waals surface area contributed by atoms with E-state index in [1.54, 1.807) is 0 Å². The van der Waals surface area contributed by atoms with Crippen LogP contribution in [-0.2, 0) is 11.8 Å². The molecule has 5 nitrogen and oxygen atoms in total. The van der Waals surface area contributed by atoms with Gasteiger partial charge in [0.15, 0.2) is 11.0 Å². The Kier molecular flexibility index (Phi) is 5.46. The van der Waals surface area contributed by atoms with Crippen molar-refractivity contribution in [2.24, 2.45) is 7.05 Å². The van der Waals surface area contributed by atoms with Gasteiger partial charge in [-0.25, -0.2) is 0 Å². The van der Waals surface area contributed by atoms with Crippen molar-refractivity contribution in [3.63, 3.8) is 0 Å². The van der Waals surface area contributed by atoms with E-state index in [4.69, 9.17) is 11.6 Å². The van der Waals surface area contributed by atoms with Gasteiger partial charge in [-0.1, -0.05) is 23.4 Å². The summed E-state index contributed by atoms with van der Waals surface area (Å²) in [6.07, 6.45) is 3.42. The van der Waals surface area contributed by atoms with Crippen LogP contribution in [0.2, 0.25) is 5.02 Å². The summed E-state index contributed by atoms with van der Waals surface area (Å²) in [7, 11) is 1.92. The van der Waals surface area contributed by atoms with Gasteiger partial charge in [-0.2, -0.15) is 0 Å². The number of hydrogen-bond donors (Lipinski definition) is 0. The molecule has 2 aromatic rings. The molecule has 1 amide bonds. The lowest BCUT2D eigenvalue weighted by Gasteiger charge is -2.33. The molecule has 1 fully saturated rings. The Morgan fingerprint density at radius 3 is 2.75 bits per heavy atom. The van der Waals surface area contributed by atoms with Gasteiger partial charge in [0.2, 0.25) is 5.91 Å². The maximum atomic E-state index is 12.4. The van der Waals surface area contributed by atoms with Crippen molar-refractivity contribution < 1.29 is 4.79 Å². The van der Waals surface area contributed by atoms with E-state index in [1.165, 1.54) is 18.2 Å². The van der Waals surface area contributed by atoms with Crippen LogP contribution in [0.15, 0.2) is 29.4 Å². The van der Waals surface area contributed by atoms with Crippen LogP contribution >= 0.6 is 23.4 Å². The van der Waals surface area contributed by atoms with Crippen LogP contribution in [0.1, 0.15) is 26.2 Å². The fourth-order valence-electron chi connectivity index (χ4n) is 2.97. The average Bonchev–Trinajstić information content (AvgIpc) is 2.95. The highest BCUT2D eigenvalue weighted by Crippen LogP contribution is 2.25. The molecule has 2 heterocycles. The largest absolute Gasteiger partial charge is 0.339 e. The Balaban J connectivity index is 1.66. The first-order valence-electron chi connectivity index (χ1n) is 8.14. The molecule has 0 spiro atoms. The SMILES string of the molecule is C[C@@H]1CCCCN1C(=O)CSc1nnc(-c2ccc(Cl)cc2)n1C. The van der Waals surface area contributed by atoms with Crippen molar-refractivity contribution in [2.75, 3.05) is 12.3 Å². The predicted octanol–water partition coefficient (Wildman–Crippen LogP) is 3.63. The van der Waals surface area contributed by atoms with E-state index in [-0.39, 0.29) is 5.91 Å². The number of likely N-dealkylation sites (tertiary alicyclic amines) is 1. The first-order chi connectivity index (χ1) is 11.6. The van der Waals surface area contributed by atoms with Crippen molar-refractivity contribution in [3.05, 3.63) is 29.3 Å². The Labute approximate surface area is 151 Å². The standard InChI is InChI=1S/C17H21ClN4OS/c1-12-5-3-4-10-22(12)15(23)11-24-17-20-19-16(21(17)2)13-6-8-14(18)9-7-13/h6-9,12H,3-5,10-11H2,1-2H3/t12-/m1/s1.